The average Bonchev–Trinajstić information content (AvgIpc) is 2.31. The Labute approximate surface area is 99.8 Å². The van der Waals surface area contributed by atoms with Gasteiger partial charge in [0.2, 0.25) is 0 Å². The van der Waals surface area contributed by atoms with Gasteiger partial charge in [0.15, 0.2) is 0 Å². The molecule has 96 valence electrons. The van der Waals surface area contributed by atoms with E-state index in [1.807, 2.05) is 6.92 Å². The molecule has 0 aromatic carbocycles. The van der Waals surface area contributed by atoms with E-state index in [-0.39, 0.29) is 6.10 Å². The normalized spacial score (nSPS) is 21.2. The van der Waals surface area contributed by atoms with Crippen LogP contribution in [0.15, 0.2) is 0 Å². The van der Waals surface area contributed by atoms with Gasteiger partial charge in [-0.15, -0.1) is 0 Å². The van der Waals surface area contributed by atoms with Gasteiger partial charge < -0.3 is 14.7 Å². The molecular weight excluding hydrogens is 202 g/mol. The molecule has 1 aliphatic heterocycles. The predicted octanol–water partition coefficient (Wildman–Crippen LogP) is 2.04. The van der Waals surface area contributed by atoms with Crippen LogP contribution in [0.3, 0.4) is 0 Å². The standard InChI is InChI=1S/C13H27NO2/c1-3-12(15)6-5-9-14-10-7-13(8-11-14)16-4-2/h12-13,15H,3-11H2,1-2H3. The van der Waals surface area contributed by atoms with Crippen molar-refractivity contribution in [2.45, 2.75) is 58.2 Å². The zero-order chi connectivity index (χ0) is 11.8. The van der Waals surface area contributed by atoms with E-state index < -0.39 is 0 Å². The number of aliphatic hydroxyl groups excluding tert-OH is 1. The molecule has 1 unspecified atom stereocenters. The summed E-state index contributed by atoms with van der Waals surface area (Å²) in [6, 6.07) is 0. The molecule has 1 fully saturated rings. The van der Waals surface area contributed by atoms with Gasteiger partial charge in [0.25, 0.3) is 0 Å². The van der Waals surface area contributed by atoms with E-state index >= 15 is 0 Å². The Kier molecular flexibility index (Phi) is 7.01. The number of aliphatic hydroxyl groups is 1. The summed E-state index contributed by atoms with van der Waals surface area (Å²) in [6.45, 7) is 8.40. The molecule has 0 amide bonds. The van der Waals surface area contributed by atoms with Gasteiger partial charge in [-0.25, -0.2) is 0 Å². The Morgan fingerprint density at radius 3 is 2.56 bits per heavy atom. The van der Waals surface area contributed by atoms with Crippen molar-refractivity contribution in [2.75, 3.05) is 26.2 Å². The second-order valence-electron chi connectivity index (χ2n) is 4.70. The number of piperidine rings is 1. The first kappa shape index (κ1) is 13.9. The lowest BCUT2D eigenvalue weighted by molar-refractivity contribution is 0.0132. The summed E-state index contributed by atoms with van der Waals surface area (Å²) >= 11 is 0. The number of hydrogen-bond acceptors (Lipinski definition) is 3. The second-order valence-corrected chi connectivity index (χ2v) is 4.70. The summed E-state index contributed by atoms with van der Waals surface area (Å²) in [7, 11) is 0. The topological polar surface area (TPSA) is 32.7 Å². The Hall–Kier alpha value is -0.120. The lowest BCUT2D eigenvalue weighted by Gasteiger charge is -2.31. The van der Waals surface area contributed by atoms with Gasteiger partial charge in [0.05, 0.1) is 12.2 Å². The summed E-state index contributed by atoms with van der Waals surface area (Å²) in [5.74, 6) is 0. The maximum absolute atomic E-state index is 9.46. The fraction of sp³-hybridized carbons (Fsp3) is 1.00. The molecule has 0 aromatic heterocycles. The van der Waals surface area contributed by atoms with E-state index in [1.54, 1.807) is 0 Å². The van der Waals surface area contributed by atoms with Crippen LogP contribution < -0.4 is 0 Å². The van der Waals surface area contributed by atoms with Crippen molar-refractivity contribution in [3.8, 4) is 0 Å². The minimum absolute atomic E-state index is 0.0963. The van der Waals surface area contributed by atoms with Gasteiger partial charge in [-0.3, -0.25) is 0 Å². The lowest BCUT2D eigenvalue weighted by Crippen LogP contribution is -2.37. The number of hydrogen-bond donors (Lipinski definition) is 1. The van der Waals surface area contributed by atoms with Crippen LogP contribution in [0.25, 0.3) is 0 Å². The molecule has 3 nitrogen and oxygen atoms in total. The third-order valence-corrected chi connectivity index (χ3v) is 3.42. The molecule has 0 bridgehead atoms. The summed E-state index contributed by atoms with van der Waals surface area (Å²) in [5.41, 5.74) is 0. The van der Waals surface area contributed by atoms with Gasteiger partial charge in [0, 0.05) is 19.7 Å². The molecule has 1 saturated heterocycles. The molecule has 1 N–H and O–H groups in total. The fourth-order valence-corrected chi connectivity index (χ4v) is 2.29. The third kappa shape index (κ3) is 5.28. The van der Waals surface area contributed by atoms with Gasteiger partial charge >= 0.3 is 0 Å². The zero-order valence-corrected chi connectivity index (χ0v) is 10.8. The van der Waals surface area contributed by atoms with E-state index in [0.29, 0.717) is 6.10 Å². The SMILES string of the molecule is CCOC1CCN(CCCC(O)CC)CC1. The van der Waals surface area contributed by atoms with Crippen molar-refractivity contribution in [1.82, 2.24) is 4.90 Å². The van der Waals surface area contributed by atoms with Crippen LogP contribution in [0, 0.1) is 0 Å². The molecule has 0 spiro atoms. The molecule has 1 aliphatic rings. The lowest BCUT2D eigenvalue weighted by atomic mass is 10.1. The largest absolute Gasteiger partial charge is 0.393 e. The monoisotopic (exact) mass is 229 g/mol. The number of likely N-dealkylation sites (tertiary alicyclic amines) is 1. The summed E-state index contributed by atoms with van der Waals surface area (Å²) in [4.78, 5) is 2.50. The summed E-state index contributed by atoms with van der Waals surface area (Å²) in [6.07, 6.45) is 5.68. The average molecular weight is 229 g/mol. The molecule has 1 rings (SSSR count). The van der Waals surface area contributed by atoms with Crippen LogP contribution in [-0.4, -0.2) is 48.5 Å². The quantitative estimate of drug-likeness (QED) is 0.725. The minimum Gasteiger partial charge on any atom is -0.393 e. The van der Waals surface area contributed by atoms with Crippen LogP contribution in [0.2, 0.25) is 0 Å². The molecule has 16 heavy (non-hydrogen) atoms. The van der Waals surface area contributed by atoms with Crippen molar-refractivity contribution in [3.05, 3.63) is 0 Å². The van der Waals surface area contributed by atoms with E-state index in [2.05, 4.69) is 11.8 Å². The predicted molar refractivity (Wildman–Crippen MR) is 66.6 cm³/mol. The zero-order valence-electron chi connectivity index (χ0n) is 10.8. The van der Waals surface area contributed by atoms with Crippen molar-refractivity contribution < 1.29 is 9.84 Å². The second kappa shape index (κ2) is 8.04. The Morgan fingerprint density at radius 1 is 1.31 bits per heavy atom. The summed E-state index contributed by atoms with van der Waals surface area (Å²) in [5, 5.41) is 9.46. The third-order valence-electron chi connectivity index (χ3n) is 3.42. The van der Waals surface area contributed by atoms with Gasteiger partial charge in [-0.1, -0.05) is 6.92 Å². The highest BCUT2D eigenvalue weighted by molar-refractivity contribution is 4.72. The number of rotatable bonds is 7. The molecule has 1 heterocycles. The first-order valence-corrected chi connectivity index (χ1v) is 6.78. The molecule has 0 radical (unpaired) electrons. The van der Waals surface area contributed by atoms with Gasteiger partial charge in [-0.05, 0) is 45.6 Å². The van der Waals surface area contributed by atoms with E-state index in [0.717, 1.165) is 45.5 Å². The first-order chi connectivity index (χ1) is 7.76. The van der Waals surface area contributed by atoms with Crippen LogP contribution in [0.5, 0.6) is 0 Å². The first-order valence-electron chi connectivity index (χ1n) is 6.78. The highest BCUT2D eigenvalue weighted by Gasteiger charge is 2.18. The maximum atomic E-state index is 9.46. The van der Waals surface area contributed by atoms with Crippen molar-refractivity contribution in [2.24, 2.45) is 0 Å². The van der Waals surface area contributed by atoms with Gasteiger partial charge in [-0.2, -0.15) is 0 Å². The van der Waals surface area contributed by atoms with Crippen LogP contribution in [-0.2, 0) is 4.74 Å². The molecule has 3 heteroatoms. The van der Waals surface area contributed by atoms with Crippen LogP contribution in [0.4, 0.5) is 0 Å². The molecule has 0 saturated carbocycles. The minimum atomic E-state index is -0.0963. The van der Waals surface area contributed by atoms with E-state index in [1.165, 1.54) is 12.8 Å². The highest BCUT2D eigenvalue weighted by atomic mass is 16.5. The molecule has 0 aromatic rings. The summed E-state index contributed by atoms with van der Waals surface area (Å²) < 4.78 is 5.62. The fourth-order valence-electron chi connectivity index (χ4n) is 2.29. The Morgan fingerprint density at radius 2 is 2.00 bits per heavy atom. The van der Waals surface area contributed by atoms with E-state index in [4.69, 9.17) is 4.74 Å². The van der Waals surface area contributed by atoms with Crippen LogP contribution in [0.1, 0.15) is 46.0 Å². The van der Waals surface area contributed by atoms with Gasteiger partial charge in [0.1, 0.15) is 0 Å². The highest BCUT2D eigenvalue weighted by Crippen LogP contribution is 2.14. The maximum Gasteiger partial charge on any atom is 0.0599 e. The van der Waals surface area contributed by atoms with Crippen LogP contribution >= 0.6 is 0 Å². The molecule has 0 aliphatic carbocycles. The Balaban J connectivity index is 2.03. The van der Waals surface area contributed by atoms with E-state index in [9.17, 15) is 5.11 Å². The number of nitrogens with zero attached hydrogens (tertiary/aromatic N) is 1. The van der Waals surface area contributed by atoms with Crippen molar-refractivity contribution >= 4 is 0 Å². The molecule has 1 atom stereocenters. The Bertz CT molecular complexity index is 167. The van der Waals surface area contributed by atoms with Crippen molar-refractivity contribution in [1.29, 1.82) is 0 Å². The number of ether oxygens (including phenoxy) is 1. The van der Waals surface area contributed by atoms with Crippen molar-refractivity contribution in [3.63, 3.8) is 0 Å². The molecular formula is C13H27NO2. The smallest absolute Gasteiger partial charge is 0.0599 e.